The van der Waals surface area contributed by atoms with E-state index in [0.29, 0.717) is 12.1 Å². The maximum atomic E-state index is 12.1. The molecule has 0 radical (unpaired) electrons. The molecule has 1 N–H and O–H groups in total. The Hall–Kier alpha value is -2.17. The number of hydrogen-bond donors (Lipinski definition) is 1. The zero-order chi connectivity index (χ0) is 13.1. The molecule has 0 aromatic carbocycles. The molecule has 0 atom stereocenters. The van der Waals surface area contributed by atoms with Crippen molar-refractivity contribution in [2.75, 3.05) is 5.32 Å². The van der Waals surface area contributed by atoms with Gasteiger partial charge < -0.3 is 5.32 Å². The van der Waals surface area contributed by atoms with Crippen LogP contribution in [0, 0.1) is 5.92 Å². The Morgan fingerprint density at radius 3 is 2.94 bits per heavy atom. The standard InChI is InChI=1S/C13H15N3O2/c1-9(2)7-12(17)15-10-8-14-11-5-3-4-6-16(11)13(10)18/h3-6,8-9H,7H2,1-2H3,(H,15,17). The van der Waals surface area contributed by atoms with Gasteiger partial charge in [-0.3, -0.25) is 14.0 Å². The molecule has 0 saturated carbocycles. The summed E-state index contributed by atoms with van der Waals surface area (Å²) >= 11 is 0. The van der Waals surface area contributed by atoms with Crippen LogP contribution < -0.4 is 10.9 Å². The van der Waals surface area contributed by atoms with Crippen LogP contribution in [0.25, 0.3) is 5.65 Å². The summed E-state index contributed by atoms with van der Waals surface area (Å²) in [4.78, 5) is 27.8. The molecule has 5 nitrogen and oxygen atoms in total. The molecule has 1 amide bonds. The number of carbonyl (C=O) groups is 1. The van der Waals surface area contributed by atoms with Gasteiger partial charge in [-0.1, -0.05) is 19.9 Å². The molecule has 0 bridgehead atoms. The van der Waals surface area contributed by atoms with E-state index < -0.39 is 0 Å². The molecule has 0 spiro atoms. The lowest BCUT2D eigenvalue weighted by molar-refractivity contribution is -0.116. The van der Waals surface area contributed by atoms with Gasteiger partial charge >= 0.3 is 0 Å². The van der Waals surface area contributed by atoms with Gasteiger partial charge in [0.05, 0.1) is 6.20 Å². The number of nitrogens with zero attached hydrogens (tertiary/aromatic N) is 2. The third kappa shape index (κ3) is 2.56. The molecule has 18 heavy (non-hydrogen) atoms. The number of anilines is 1. The largest absolute Gasteiger partial charge is 0.320 e. The Kier molecular flexibility index (Phi) is 3.41. The first-order valence-electron chi connectivity index (χ1n) is 5.84. The molecule has 0 fully saturated rings. The molecule has 0 aliphatic rings. The Morgan fingerprint density at radius 1 is 1.44 bits per heavy atom. The average Bonchev–Trinajstić information content (AvgIpc) is 2.32. The molecule has 2 aromatic heterocycles. The molecule has 0 unspecified atom stereocenters. The molecule has 0 aliphatic carbocycles. The van der Waals surface area contributed by atoms with Gasteiger partial charge in [-0.15, -0.1) is 0 Å². The monoisotopic (exact) mass is 245 g/mol. The van der Waals surface area contributed by atoms with E-state index in [4.69, 9.17) is 0 Å². The average molecular weight is 245 g/mol. The van der Waals surface area contributed by atoms with Gasteiger partial charge in [0.2, 0.25) is 5.91 Å². The minimum absolute atomic E-state index is 0.167. The molecular weight excluding hydrogens is 230 g/mol. The fourth-order valence-electron chi connectivity index (χ4n) is 1.68. The second kappa shape index (κ2) is 5.00. The normalized spacial score (nSPS) is 10.8. The van der Waals surface area contributed by atoms with E-state index in [0.717, 1.165) is 0 Å². The minimum Gasteiger partial charge on any atom is -0.320 e. The van der Waals surface area contributed by atoms with Crippen LogP contribution in [0.2, 0.25) is 0 Å². The van der Waals surface area contributed by atoms with Crippen molar-refractivity contribution >= 4 is 17.2 Å². The van der Waals surface area contributed by atoms with Crippen molar-refractivity contribution < 1.29 is 4.79 Å². The fourth-order valence-corrected chi connectivity index (χ4v) is 1.68. The fraction of sp³-hybridized carbons (Fsp3) is 0.308. The molecule has 2 rings (SSSR count). The topological polar surface area (TPSA) is 63.5 Å². The van der Waals surface area contributed by atoms with Crippen LogP contribution in [-0.2, 0) is 4.79 Å². The lowest BCUT2D eigenvalue weighted by atomic mass is 10.1. The van der Waals surface area contributed by atoms with Gasteiger partial charge in [0.25, 0.3) is 5.56 Å². The number of nitrogens with one attached hydrogen (secondary N) is 1. The number of hydrogen-bond acceptors (Lipinski definition) is 3. The Balaban J connectivity index is 2.32. The summed E-state index contributed by atoms with van der Waals surface area (Å²) in [6.45, 7) is 3.90. The first kappa shape index (κ1) is 12.3. The maximum Gasteiger partial charge on any atom is 0.281 e. The van der Waals surface area contributed by atoms with Crippen LogP contribution in [-0.4, -0.2) is 15.3 Å². The van der Waals surface area contributed by atoms with Gasteiger partial charge in [0, 0.05) is 12.6 Å². The summed E-state index contributed by atoms with van der Waals surface area (Å²) in [6.07, 6.45) is 3.41. The maximum absolute atomic E-state index is 12.1. The predicted molar refractivity (Wildman–Crippen MR) is 69.5 cm³/mol. The van der Waals surface area contributed by atoms with E-state index in [2.05, 4.69) is 10.3 Å². The van der Waals surface area contributed by atoms with Crippen LogP contribution in [0.1, 0.15) is 20.3 Å². The van der Waals surface area contributed by atoms with Crippen molar-refractivity contribution in [3.05, 3.63) is 40.9 Å². The summed E-state index contributed by atoms with van der Waals surface area (Å²) in [7, 11) is 0. The highest BCUT2D eigenvalue weighted by Gasteiger charge is 2.09. The SMILES string of the molecule is CC(C)CC(=O)Nc1cnc2ccccn2c1=O. The Labute approximate surface area is 104 Å². The molecule has 2 heterocycles. The first-order chi connectivity index (χ1) is 8.58. The summed E-state index contributed by atoms with van der Waals surface area (Å²) in [5.74, 6) is 0.0842. The highest BCUT2D eigenvalue weighted by atomic mass is 16.2. The van der Waals surface area contributed by atoms with Crippen molar-refractivity contribution in [1.82, 2.24) is 9.38 Å². The van der Waals surface area contributed by atoms with Crippen LogP contribution in [0.15, 0.2) is 35.4 Å². The number of carbonyl (C=O) groups excluding carboxylic acids is 1. The van der Waals surface area contributed by atoms with Crippen LogP contribution in [0.5, 0.6) is 0 Å². The van der Waals surface area contributed by atoms with Gasteiger partial charge in [0.15, 0.2) is 0 Å². The lowest BCUT2D eigenvalue weighted by Gasteiger charge is -2.07. The Morgan fingerprint density at radius 2 is 2.22 bits per heavy atom. The van der Waals surface area contributed by atoms with Crippen molar-refractivity contribution in [2.45, 2.75) is 20.3 Å². The molecule has 5 heteroatoms. The Bertz CT molecular complexity index is 631. The van der Waals surface area contributed by atoms with Gasteiger partial charge in [-0.2, -0.15) is 0 Å². The van der Waals surface area contributed by atoms with E-state index in [1.165, 1.54) is 10.6 Å². The lowest BCUT2D eigenvalue weighted by Crippen LogP contribution is -2.23. The number of fused-ring (bicyclic) bond motifs is 1. The quantitative estimate of drug-likeness (QED) is 0.894. The summed E-state index contributed by atoms with van der Waals surface area (Å²) < 4.78 is 1.41. The van der Waals surface area contributed by atoms with Crippen LogP contribution >= 0.6 is 0 Å². The molecule has 0 aliphatic heterocycles. The number of pyridine rings is 1. The minimum atomic E-state index is -0.266. The zero-order valence-electron chi connectivity index (χ0n) is 10.4. The molecular formula is C13H15N3O2. The first-order valence-corrected chi connectivity index (χ1v) is 5.84. The highest BCUT2D eigenvalue weighted by molar-refractivity contribution is 5.90. The highest BCUT2D eigenvalue weighted by Crippen LogP contribution is 2.05. The number of aromatic nitrogens is 2. The predicted octanol–water partition coefficient (Wildman–Crippen LogP) is 1.68. The number of rotatable bonds is 3. The molecule has 0 saturated heterocycles. The third-order valence-corrected chi connectivity index (χ3v) is 2.48. The van der Waals surface area contributed by atoms with Gasteiger partial charge in [-0.25, -0.2) is 4.98 Å². The van der Waals surface area contributed by atoms with Crippen molar-refractivity contribution in [3.8, 4) is 0 Å². The smallest absolute Gasteiger partial charge is 0.281 e. The van der Waals surface area contributed by atoms with Crippen molar-refractivity contribution in [3.63, 3.8) is 0 Å². The van der Waals surface area contributed by atoms with Gasteiger partial charge in [0.1, 0.15) is 11.3 Å². The summed E-state index contributed by atoms with van der Waals surface area (Å²) in [5.41, 5.74) is 0.506. The van der Waals surface area contributed by atoms with E-state index in [1.807, 2.05) is 13.8 Å². The van der Waals surface area contributed by atoms with Crippen molar-refractivity contribution in [1.29, 1.82) is 0 Å². The van der Waals surface area contributed by atoms with Crippen LogP contribution in [0.3, 0.4) is 0 Å². The van der Waals surface area contributed by atoms with Crippen molar-refractivity contribution in [2.24, 2.45) is 5.92 Å². The van der Waals surface area contributed by atoms with E-state index in [-0.39, 0.29) is 23.1 Å². The summed E-state index contributed by atoms with van der Waals surface area (Å²) in [6, 6.07) is 5.29. The van der Waals surface area contributed by atoms with Crippen LogP contribution in [0.4, 0.5) is 5.69 Å². The van der Waals surface area contributed by atoms with Gasteiger partial charge in [-0.05, 0) is 18.1 Å². The summed E-state index contributed by atoms with van der Waals surface area (Å²) in [5, 5.41) is 2.60. The van der Waals surface area contributed by atoms with E-state index in [9.17, 15) is 9.59 Å². The second-order valence-corrected chi connectivity index (χ2v) is 4.55. The number of amides is 1. The zero-order valence-corrected chi connectivity index (χ0v) is 10.4. The molecule has 2 aromatic rings. The van der Waals surface area contributed by atoms with E-state index in [1.54, 1.807) is 24.4 Å². The van der Waals surface area contributed by atoms with E-state index >= 15 is 0 Å². The third-order valence-electron chi connectivity index (χ3n) is 2.48. The molecule has 94 valence electrons. The second-order valence-electron chi connectivity index (χ2n) is 4.55.